The fraction of sp³-hybridized carbons (Fsp3) is 0.529. The minimum absolute atomic E-state index is 0. The number of nitrogens with one attached hydrogen (secondary N) is 2. The van der Waals surface area contributed by atoms with E-state index in [1.807, 2.05) is 6.92 Å². The van der Waals surface area contributed by atoms with Crippen molar-refractivity contribution in [1.29, 1.82) is 0 Å². The zero-order valence-electron chi connectivity index (χ0n) is 14.1. The van der Waals surface area contributed by atoms with E-state index in [4.69, 9.17) is 17.3 Å². The summed E-state index contributed by atoms with van der Waals surface area (Å²) in [5.41, 5.74) is 6.45. The first-order valence-electron chi connectivity index (χ1n) is 8.16. The van der Waals surface area contributed by atoms with E-state index in [1.165, 1.54) is 0 Å². The van der Waals surface area contributed by atoms with Gasteiger partial charge in [0.25, 0.3) is 5.91 Å². The number of halogens is 2. The summed E-state index contributed by atoms with van der Waals surface area (Å²) in [5.74, 6) is -0.244. The van der Waals surface area contributed by atoms with Crippen molar-refractivity contribution in [3.63, 3.8) is 0 Å². The number of amides is 2. The lowest BCUT2D eigenvalue weighted by atomic mass is 10.1. The molecule has 0 radical (unpaired) electrons. The van der Waals surface area contributed by atoms with Crippen LogP contribution in [0.5, 0.6) is 0 Å². The second kappa shape index (κ2) is 13.0. The maximum absolute atomic E-state index is 11.9. The van der Waals surface area contributed by atoms with E-state index in [2.05, 4.69) is 10.6 Å². The predicted molar refractivity (Wildman–Crippen MR) is 102 cm³/mol. The lowest BCUT2D eigenvalue weighted by Crippen LogP contribution is -2.24. The fourth-order valence-electron chi connectivity index (χ4n) is 2.12. The molecule has 0 unspecified atom stereocenters. The van der Waals surface area contributed by atoms with Gasteiger partial charge in [0.1, 0.15) is 0 Å². The summed E-state index contributed by atoms with van der Waals surface area (Å²) in [6.45, 7) is 3.29. The third-order valence-corrected chi connectivity index (χ3v) is 3.70. The zero-order chi connectivity index (χ0) is 17.1. The van der Waals surface area contributed by atoms with E-state index >= 15 is 0 Å². The standard InChI is InChI=1S/C17H26ClN3O2.ClH/c1-2-11-20-17(23)14-9-8-13(12-15(14)18)21-16(22)7-5-3-4-6-10-19;/h8-9,12H,2-7,10-11,19H2,1H3,(H,20,23)(H,21,22);1H. The van der Waals surface area contributed by atoms with Crippen LogP contribution < -0.4 is 16.4 Å². The molecule has 0 aliphatic heterocycles. The largest absolute Gasteiger partial charge is 0.352 e. The van der Waals surface area contributed by atoms with E-state index in [9.17, 15) is 9.59 Å². The van der Waals surface area contributed by atoms with Crippen molar-refractivity contribution >= 4 is 41.5 Å². The Bertz CT molecular complexity index is 525. The van der Waals surface area contributed by atoms with Crippen molar-refractivity contribution in [2.24, 2.45) is 5.73 Å². The van der Waals surface area contributed by atoms with Crippen molar-refractivity contribution in [3.05, 3.63) is 28.8 Å². The normalized spacial score (nSPS) is 9.96. The molecule has 1 rings (SSSR count). The van der Waals surface area contributed by atoms with Crippen LogP contribution >= 0.6 is 24.0 Å². The van der Waals surface area contributed by atoms with Gasteiger partial charge >= 0.3 is 0 Å². The van der Waals surface area contributed by atoms with Crippen LogP contribution in [0.1, 0.15) is 55.8 Å². The highest BCUT2D eigenvalue weighted by Gasteiger charge is 2.11. The molecule has 2 amide bonds. The number of hydrogen-bond acceptors (Lipinski definition) is 3. The van der Waals surface area contributed by atoms with Crippen LogP contribution in [0.25, 0.3) is 0 Å². The number of carbonyl (C=O) groups excluding carboxylic acids is 2. The quantitative estimate of drug-likeness (QED) is 0.544. The smallest absolute Gasteiger partial charge is 0.252 e. The molecular formula is C17H27Cl2N3O2. The minimum atomic E-state index is -0.199. The molecule has 0 fully saturated rings. The SMILES string of the molecule is CCCNC(=O)c1ccc(NC(=O)CCCCCCN)cc1Cl.Cl. The van der Waals surface area contributed by atoms with Crippen molar-refractivity contribution in [3.8, 4) is 0 Å². The lowest BCUT2D eigenvalue weighted by molar-refractivity contribution is -0.116. The van der Waals surface area contributed by atoms with Crippen LogP contribution in [0.15, 0.2) is 18.2 Å². The molecule has 24 heavy (non-hydrogen) atoms. The monoisotopic (exact) mass is 375 g/mol. The van der Waals surface area contributed by atoms with E-state index in [0.717, 1.165) is 32.1 Å². The molecule has 0 bridgehead atoms. The summed E-state index contributed by atoms with van der Waals surface area (Å²) < 4.78 is 0. The van der Waals surface area contributed by atoms with Gasteiger partial charge < -0.3 is 16.4 Å². The Morgan fingerprint density at radius 1 is 1.17 bits per heavy atom. The molecule has 0 aliphatic rings. The topological polar surface area (TPSA) is 84.2 Å². The number of rotatable bonds is 10. The van der Waals surface area contributed by atoms with Gasteiger partial charge in [-0.05, 0) is 44.0 Å². The number of unbranched alkanes of at least 4 members (excludes halogenated alkanes) is 3. The minimum Gasteiger partial charge on any atom is -0.352 e. The Balaban J connectivity index is 0.00000529. The van der Waals surface area contributed by atoms with Crippen molar-refractivity contribution in [2.45, 2.75) is 45.4 Å². The second-order valence-electron chi connectivity index (χ2n) is 5.45. The Hall–Kier alpha value is -1.30. The average molecular weight is 376 g/mol. The Morgan fingerprint density at radius 2 is 1.88 bits per heavy atom. The highest BCUT2D eigenvalue weighted by atomic mass is 35.5. The molecular weight excluding hydrogens is 349 g/mol. The first-order chi connectivity index (χ1) is 11.1. The summed E-state index contributed by atoms with van der Waals surface area (Å²) in [6.07, 6.45) is 5.23. The third-order valence-electron chi connectivity index (χ3n) is 3.39. The highest BCUT2D eigenvalue weighted by Crippen LogP contribution is 2.21. The van der Waals surface area contributed by atoms with Crippen LogP contribution in [-0.2, 0) is 4.79 Å². The molecule has 0 aromatic heterocycles. The van der Waals surface area contributed by atoms with Gasteiger partial charge in [-0.3, -0.25) is 9.59 Å². The van der Waals surface area contributed by atoms with Crippen LogP contribution in [-0.4, -0.2) is 24.9 Å². The first-order valence-corrected chi connectivity index (χ1v) is 8.54. The summed E-state index contributed by atoms with van der Waals surface area (Å²) in [7, 11) is 0. The Labute approximate surface area is 155 Å². The maximum atomic E-state index is 11.9. The summed E-state index contributed by atoms with van der Waals surface area (Å²) in [6, 6.07) is 4.93. The van der Waals surface area contributed by atoms with Crippen molar-refractivity contribution in [1.82, 2.24) is 5.32 Å². The molecule has 0 aliphatic carbocycles. The zero-order valence-corrected chi connectivity index (χ0v) is 15.6. The molecule has 5 nitrogen and oxygen atoms in total. The van der Waals surface area contributed by atoms with Crippen LogP contribution in [0.4, 0.5) is 5.69 Å². The molecule has 136 valence electrons. The number of anilines is 1. The summed E-state index contributed by atoms with van der Waals surface area (Å²) >= 11 is 6.12. The van der Waals surface area contributed by atoms with Crippen LogP contribution in [0.2, 0.25) is 5.02 Å². The highest BCUT2D eigenvalue weighted by molar-refractivity contribution is 6.34. The molecule has 0 atom stereocenters. The Morgan fingerprint density at radius 3 is 2.50 bits per heavy atom. The molecule has 0 heterocycles. The van der Waals surface area contributed by atoms with Crippen LogP contribution in [0.3, 0.4) is 0 Å². The average Bonchev–Trinajstić information content (AvgIpc) is 2.52. The second-order valence-corrected chi connectivity index (χ2v) is 5.86. The third kappa shape index (κ3) is 8.52. The van der Waals surface area contributed by atoms with E-state index in [-0.39, 0.29) is 24.2 Å². The number of benzene rings is 1. The molecule has 4 N–H and O–H groups in total. The van der Waals surface area contributed by atoms with E-state index in [0.29, 0.717) is 35.8 Å². The van der Waals surface area contributed by atoms with E-state index < -0.39 is 0 Å². The molecule has 0 spiro atoms. The van der Waals surface area contributed by atoms with Gasteiger partial charge in [-0.15, -0.1) is 12.4 Å². The molecule has 0 saturated carbocycles. The van der Waals surface area contributed by atoms with Crippen LogP contribution in [0, 0.1) is 0 Å². The van der Waals surface area contributed by atoms with Gasteiger partial charge in [0.05, 0.1) is 10.6 Å². The maximum Gasteiger partial charge on any atom is 0.252 e. The van der Waals surface area contributed by atoms with E-state index in [1.54, 1.807) is 18.2 Å². The fourth-order valence-corrected chi connectivity index (χ4v) is 2.38. The number of hydrogen-bond donors (Lipinski definition) is 3. The first kappa shape index (κ1) is 22.7. The van der Waals surface area contributed by atoms with Gasteiger partial charge in [-0.1, -0.05) is 31.4 Å². The molecule has 7 heteroatoms. The van der Waals surface area contributed by atoms with Gasteiger partial charge in [0.2, 0.25) is 5.91 Å². The van der Waals surface area contributed by atoms with Gasteiger partial charge in [0.15, 0.2) is 0 Å². The molecule has 1 aromatic carbocycles. The Kier molecular flexibility index (Phi) is 12.3. The van der Waals surface area contributed by atoms with Gasteiger partial charge in [-0.25, -0.2) is 0 Å². The molecule has 0 saturated heterocycles. The summed E-state index contributed by atoms with van der Waals surface area (Å²) in [4.78, 5) is 23.8. The number of nitrogens with two attached hydrogens (primary N) is 1. The lowest BCUT2D eigenvalue weighted by Gasteiger charge is -2.09. The van der Waals surface area contributed by atoms with Gasteiger partial charge in [0, 0.05) is 18.7 Å². The van der Waals surface area contributed by atoms with Crippen molar-refractivity contribution < 1.29 is 9.59 Å². The predicted octanol–water partition coefficient (Wildman–Crippen LogP) is 3.75. The van der Waals surface area contributed by atoms with Gasteiger partial charge in [-0.2, -0.15) is 0 Å². The summed E-state index contributed by atoms with van der Waals surface area (Å²) in [5, 5.41) is 5.91. The number of carbonyl (C=O) groups is 2. The van der Waals surface area contributed by atoms with Crippen molar-refractivity contribution in [2.75, 3.05) is 18.4 Å². The molecule has 1 aromatic rings.